The highest BCUT2D eigenvalue weighted by Crippen LogP contribution is 2.29. The van der Waals surface area contributed by atoms with Crippen LogP contribution in [-0.2, 0) is 9.59 Å². The average Bonchev–Trinajstić information content (AvgIpc) is 3.52. The normalized spacial score (nSPS) is 17.3. The molecule has 1 saturated heterocycles. The third-order valence-corrected chi connectivity index (χ3v) is 6.97. The summed E-state index contributed by atoms with van der Waals surface area (Å²) in [5.41, 5.74) is 3.38. The second-order valence-corrected chi connectivity index (χ2v) is 9.97. The smallest absolute Gasteiger partial charge is 0.246 e. The van der Waals surface area contributed by atoms with Gasteiger partial charge in [-0.15, -0.1) is 0 Å². The molecule has 9 heteroatoms. The fraction of sp³-hybridized carbons (Fsp3) is 0.407. The first kappa shape index (κ1) is 25.9. The van der Waals surface area contributed by atoms with E-state index < -0.39 is 18.1 Å². The van der Waals surface area contributed by atoms with Crippen LogP contribution in [0.3, 0.4) is 0 Å². The second-order valence-electron chi connectivity index (χ2n) is 9.56. The van der Waals surface area contributed by atoms with E-state index in [1.807, 2.05) is 61.9 Å². The minimum absolute atomic E-state index is 0.0352. The van der Waals surface area contributed by atoms with E-state index in [1.54, 1.807) is 23.6 Å². The quantitative estimate of drug-likeness (QED) is 0.479. The molecule has 3 aromatic rings. The van der Waals surface area contributed by atoms with Gasteiger partial charge in [0.2, 0.25) is 11.8 Å². The highest BCUT2D eigenvalue weighted by Gasteiger charge is 2.39. The monoisotopic (exact) mass is 509 g/mol. The molecule has 1 aromatic carbocycles. The first-order valence-corrected chi connectivity index (χ1v) is 12.6. The van der Waals surface area contributed by atoms with E-state index in [9.17, 15) is 14.7 Å². The predicted octanol–water partition coefficient (Wildman–Crippen LogP) is 3.94. The van der Waals surface area contributed by atoms with E-state index in [0.717, 1.165) is 28.8 Å². The van der Waals surface area contributed by atoms with Gasteiger partial charge in [-0.3, -0.25) is 14.6 Å². The third-order valence-electron chi connectivity index (χ3n) is 6.67. The summed E-state index contributed by atoms with van der Waals surface area (Å²) in [6.07, 6.45) is 8.14. The van der Waals surface area contributed by atoms with Crippen LogP contribution in [0, 0.1) is 12.8 Å². The van der Waals surface area contributed by atoms with E-state index in [2.05, 4.69) is 15.3 Å². The Hall–Kier alpha value is -3.23. The van der Waals surface area contributed by atoms with Gasteiger partial charge in [0.15, 0.2) is 0 Å². The van der Waals surface area contributed by atoms with E-state index >= 15 is 0 Å². The van der Waals surface area contributed by atoms with Gasteiger partial charge in [0.25, 0.3) is 0 Å². The van der Waals surface area contributed by atoms with Crippen molar-refractivity contribution in [2.45, 2.75) is 51.7 Å². The Kier molecular flexibility index (Phi) is 8.06. The van der Waals surface area contributed by atoms with Crippen LogP contribution in [0.5, 0.6) is 0 Å². The van der Waals surface area contributed by atoms with Gasteiger partial charge in [-0.05, 0) is 42.9 Å². The lowest BCUT2D eigenvalue weighted by Crippen LogP contribution is -2.49. The van der Waals surface area contributed by atoms with Crippen molar-refractivity contribution in [2.75, 3.05) is 13.2 Å². The van der Waals surface area contributed by atoms with Crippen molar-refractivity contribution in [3.8, 4) is 11.1 Å². The Morgan fingerprint density at radius 1 is 1.22 bits per heavy atom. The standard InChI is InChI=1S/C27H32ClN5O3/c1-17(2)25(32-14-18(3)30-16-32)27(36)33-12-4-5-24(33)26(35)31-23(15-34)20-8-6-19(7-9-20)21-10-11-29-13-22(21)28/h6-11,13-14,16-17,23-25,34H,4-5,12,15H2,1-3H3,(H,31,35)/t23-,24-,25-/m0/s1. The number of aromatic nitrogens is 3. The van der Waals surface area contributed by atoms with Crippen LogP contribution in [0.25, 0.3) is 11.1 Å². The topological polar surface area (TPSA) is 100 Å². The highest BCUT2D eigenvalue weighted by atomic mass is 35.5. The van der Waals surface area contributed by atoms with Gasteiger partial charge in [-0.25, -0.2) is 4.98 Å². The lowest BCUT2D eigenvalue weighted by molar-refractivity contribution is -0.142. The van der Waals surface area contributed by atoms with E-state index in [1.165, 1.54) is 0 Å². The first-order valence-electron chi connectivity index (χ1n) is 12.2. The molecule has 0 saturated carbocycles. The summed E-state index contributed by atoms with van der Waals surface area (Å²) in [4.78, 5) is 36.8. The summed E-state index contributed by atoms with van der Waals surface area (Å²) in [5.74, 6) is -0.308. The number of halogens is 1. The Balaban J connectivity index is 1.48. The number of carbonyl (C=O) groups is 2. The summed E-state index contributed by atoms with van der Waals surface area (Å²) in [6.45, 7) is 6.14. The summed E-state index contributed by atoms with van der Waals surface area (Å²) in [5, 5.41) is 13.6. The molecule has 3 atom stereocenters. The molecule has 190 valence electrons. The Labute approximate surface area is 216 Å². The number of imidazole rings is 1. The van der Waals surface area contributed by atoms with Gasteiger partial charge >= 0.3 is 0 Å². The van der Waals surface area contributed by atoms with Gasteiger partial charge in [0.1, 0.15) is 12.1 Å². The molecular weight excluding hydrogens is 478 g/mol. The molecule has 2 amide bonds. The van der Waals surface area contributed by atoms with Crippen molar-refractivity contribution in [2.24, 2.45) is 5.92 Å². The molecule has 1 aliphatic rings. The Morgan fingerprint density at radius 2 is 1.97 bits per heavy atom. The van der Waals surface area contributed by atoms with Crippen molar-refractivity contribution in [3.63, 3.8) is 0 Å². The molecule has 2 N–H and O–H groups in total. The number of nitrogens with zero attached hydrogens (tertiary/aromatic N) is 4. The number of aliphatic hydroxyl groups excluding tert-OH is 1. The summed E-state index contributed by atoms with van der Waals surface area (Å²) < 4.78 is 1.84. The van der Waals surface area contributed by atoms with Crippen molar-refractivity contribution >= 4 is 23.4 Å². The SMILES string of the molecule is Cc1cn([C@H](C(=O)N2CCC[C@H]2C(=O)N[C@@H](CO)c2ccc(-c3ccncc3Cl)cc2)C(C)C)cn1. The summed E-state index contributed by atoms with van der Waals surface area (Å²) >= 11 is 6.25. The van der Waals surface area contributed by atoms with Crippen LogP contribution >= 0.6 is 11.6 Å². The fourth-order valence-corrected chi connectivity index (χ4v) is 5.06. The molecule has 0 spiro atoms. The molecule has 0 unspecified atom stereocenters. The van der Waals surface area contributed by atoms with Crippen molar-refractivity contribution in [1.29, 1.82) is 0 Å². The molecule has 0 aliphatic carbocycles. The molecule has 36 heavy (non-hydrogen) atoms. The lowest BCUT2D eigenvalue weighted by atomic mass is 10.0. The van der Waals surface area contributed by atoms with Crippen LogP contribution in [0.15, 0.2) is 55.2 Å². The number of hydrogen-bond acceptors (Lipinski definition) is 5. The van der Waals surface area contributed by atoms with E-state index in [0.29, 0.717) is 18.0 Å². The average molecular weight is 510 g/mol. The van der Waals surface area contributed by atoms with Gasteiger partial charge in [0.05, 0.1) is 29.7 Å². The molecule has 3 heterocycles. The highest BCUT2D eigenvalue weighted by molar-refractivity contribution is 6.33. The summed E-state index contributed by atoms with van der Waals surface area (Å²) in [7, 11) is 0. The maximum absolute atomic E-state index is 13.6. The zero-order chi connectivity index (χ0) is 25.8. The van der Waals surface area contributed by atoms with Crippen LogP contribution in [0.4, 0.5) is 0 Å². The predicted molar refractivity (Wildman–Crippen MR) is 138 cm³/mol. The van der Waals surface area contributed by atoms with Crippen LogP contribution in [-0.4, -0.2) is 55.5 Å². The van der Waals surface area contributed by atoms with Gasteiger partial charge in [-0.2, -0.15) is 0 Å². The number of likely N-dealkylation sites (tertiary alicyclic amines) is 1. The van der Waals surface area contributed by atoms with Crippen molar-refractivity contribution < 1.29 is 14.7 Å². The number of hydrogen-bond donors (Lipinski definition) is 2. The third kappa shape index (κ3) is 5.44. The molecule has 4 rings (SSSR count). The minimum atomic E-state index is -0.589. The minimum Gasteiger partial charge on any atom is -0.394 e. The van der Waals surface area contributed by atoms with Gasteiger partial charge < -0.3 is 19.9 Å². The number of amides is 2. The molecule has 0 bridgehead atoms. The Bertz CT molecular complexity index is 1210. The molecule has 8 nitrogen and oxygen atoms in total. The molecule has 1 fully saturated rings. The number of carbonyl (C=O) groups excluding carboxylic acids is 2. The largest absolute Gasteiger partial charge is 0.394 e. The van der Waals surface area contributed by atoms with Gasteiger partial charge in [-0.1, -0.05) is 49.7 Å². The first-order chi connectivity index (χ1) is 17.3. The van der Waals surface area contributed by atoms with E-state index in [4.69, 9.17) is 11.6 Å². The number of rotatable bonds is 8. The van der Waals surface area contributed by atoms with Crippen LogP contribution in [0.2, 0.25) is 5.02 Å². The number of pyridine rings is 1. The molecule has 0 radical (unpaired) electrons. The fourth-order valence-electron chi connectivity index (χ4n) is 4.83. The zero-order valence-electron chi connectivity index (χ0n) is 20.8. The van der Waals surface area contributed by atoms with Crippen molar-refractivity contribution in [3.05, 3.63) is 71.5 Å². The number of aliphatic hydroxyl groups is 1. The molecule has 2 aromatic heterocycles. The number of benzene rings is 1. The maximum Gasteiger partial charge on any atom is 0.246 e. The van der Waals surface area contributed by atoms with E-state index in [-0.39, 0.29) is 24.3 Å². The number of aryl methyl sites for hydroxylation is 1. The molecule has 1 aliphatic heterocycles. The second kappa shape index (κ2) is 11.2. The van der Waals surface area contributed by atoms with Gasteiger partial charge in [0, 0.05) is 30.7 Å². The van der Waals surface area contributed by atoms with Crippen molar-refractivity contribution in [1.82, 2.24) is 24.8 Å². The summed E-state index contributed by atoms with van der Waals surface area (Å²) in [6, 6.07) is 7.77. The molecular formula is C27H32ClN5O3. The Morgan fingerprint density at radius 3 is 2.58 bits per heavy atom. The van der Waals surface area contributed by atoms with Crippen LogP contribution in [0.1, 0.15) is 50.0 Å². The zero-order valence-corrected chi connectivity index (χ0v) is 21.5. The number of nitrogens with one attached hydrogen (secondary N) is 1. The lowest BCUT2D eigenvalue weighted by Gasteiger charge is -2.31. The maximum atomic E-state index is 13.6. The van der Waals surface area contributed by atoms with Crippen LogP contribution < -0.4 is 5.32 Å².